The summed E-state index contributed by atoms with van der Waals surface area (Å²) >= 11 is 0. The average molecular weight is 1380 g/mol. The van der Waals surface area contributed by atoms with E-state index in [9.17, 15) is 96.7 Å². The monoisotopic (exact) mass is 1380 g/mol. The number of ether oxygens (including phenoxy) is 12. The van der Waals surface area contributed by atoms with E-state index in [-0.39, 0.29) is 35.2 Å². The predicted octanol–water partition coefficient (Wildman–Crippen LogP) is -4.72. The predicted molar refractivity (Wildman–Crippen MR) is 321 cm³/mol. The molecule has 552 valence electrons. The maximum atomic E-state index is 14.9. The second kappa shape index (κ2) is 28.3. The highest BCUT2D eigenvalue weighted by Gasteiger charge is 2.71. The summed E-state index contributed by atoms with van der Waals surface area (Å²) in [4.78, 5) is 14.9. The fraction of sp³-hybridized carbons (Fsp3) is 0.954. The van der Waals surface area contributed by atoms with Crippen LogP contribution in [0.5, 0.6) is 0 Å². The molecule has 0 radical (unpaired) electrons. The van der Waals surface area contributed by atoms with Crippen molar-refractivity contribution in [1.82, 2.24) is 0 Å². The number of esters is 1. The largest absolute Gasteiger partial charge is 0.432 e. The third kappa shape index (κ3) is 12.7. The molecule has 10 fully saturated rings. The molecule has 38 atom stereocenters. The first-order valence-corrected chi connectivity index (χ1v) is 34.1. The zero-order valence-corrected chi connectivity index (χ0v) is 55.6. The molecule has 0 spiro atoms. The van der Waals surface area contributed by atoms with Gasteiger partial charge in [0.1, 0.15) is 128 Å². The number of rotatable bonds is 16. The lowest BCUT2D eigenvalue weighted by atomic mass is 9.33. The van der Waals surface area contributed by atoms with E-state index in [0.29, 0.717) is 51.4 Å². The molecule has 31 heteroatoms. The average Bonchev–Trinajstić information content (AvgIpc) is 0.676. The molecule has 31 nitrogen and oxygen atoms in total. The maximum Gasteiger partial charge on any atom is 0.315 e. The second-order valence-electron chi connectivity index (χ2n) is 31.2. The van der Waals surface area contributed by atoms with E-state index in [0.717, 1.165) is 12.8 Å². The SMILES string of the molecule is C[C@@H]1O[C@@H](O[C@@H]2[C@@H](O)[C@H](O[C@@H]3[C@@H](O)[C@H](C)O[C@@H](O[C@H]4[C@H](O[C@H]5CC[C@@]6(C)[C@@H](CC[C@]7(C)[C@@H]6CC=C6[C@@H]8CC(C)(C)CC[C@]8(C(=O)O[C@@H]8O[C@H](CO)[C@@H](O)[C@H](O)[C@H]8O)CC[C@]67C)[C@]5(C)CO)OC[C@H](O)[C@@H]4O)[C@@H]3O)O[C@H](CO)[C@H]2O[C@@H]2O[C@H](CO)[C@@H](O)[C@H](O)[C@H]2O)[C@H](O)[C@H](O)[C@H]1O. The summed E-state index contributed by atoms with van der Waals surface area (Å²) in [7, 11) is 0. The first-order valence-electron chi connectivity index (χ1n) is 34.1. The highest BCUT2D eigenvalue weighted by atomic mass is 16.8. The molecule has 5 aliphatic carbocycles. The van der Waals surface area contributed by atoms with E-state index in [1.165, 1.54) is 19.4 Å². The zero-order chi connectivity index (χ0) is 70.0. The Morgan fingerprint density at radius 2 is 0.990 bits per heavy atom. The Labute approximate surface area is 556 Å². The van der Waals surface area contributed by atoms with Crippen LogP contribution in [0.3, 0.4) is 0 Å². The Bertz CT molecular complexity index is 2690. The van der Waals surface area contributed by atoms with Gasteiger partial charge in [0.2, 0.25) is 6.29 Å². The Morgan fingerprint density at radius 3 is 1.61 bits per heavy atom. The summed E-state index contributed by atoms with van der Waals surface area (Å²) in [6, 6.07) is 0. The van der Waals surface area contributed by atoms with E-state index in [2.05, 4.69) is 40.7 Å². The fourth-order valence-electron chi connectivity index (χ4n) is 19.1. The first-order chi connectivity index (χ1) is 45.1. The Balaban J connectivity index is 0.806. The summed E-state index contributed by atoms with van der Waals surface area (Å²) in [6.07, 6.45) is -42.7. The molecular formula is C65H106O31. The lowest BCUT2D eigenvalue weighted by Gasteiger charge is -2.71. The number of allylic oxidation sites excluding steroid dienone is 2. The van der Waals surface area contributed by atoms with Crippen molar-refractivity contribution in [3.63, 3.8) is 0 Å². The Kier molecular flexibility index (Phi) is 22.1. The van der Waals surface area contributed by atoms with E-state index < -0.39 is 238 Å². The van der Waals surface area contributed by atoms with Crippen molar-refractivity contribution >= 4 is 5.97 Å². The molecule has 96 heavy (non-hydrogen) atoms. The van der Waals surface area contributed by atoms with Gasteiger partial charge in [-0.3, -0.25) is 4.79 Å². The van der Waals surface area contributed by atoms with Gasteiger partial charge in [-0.2, -0.15) is 0 Å². The van der Waals surface area contributed by atoms with Crippen LogP contribution in [0.1, 0.15) is 120 Å². The van der Waals surface area contributed by atoms with Gasteiger partial charge in [0, 0.05) is 5.41 Å². The van der Waals surface area contributed by atoms with Gasteiger partial charge in [-0.15, -0.1) is 0 Å². The second-order valence-corrected chi connectivity index (χ2v) is 31.2. The van der Waals surface area contributed by atoms with Crippen LogP contribution in [0.25, 0.3) is 0 Å². The van der Waals surface area contributed by atoms with Gasteiger partial charge in [-0.05, 0) is 117 Å². The molecule has 6 saturated heterocycles. The van der Waals surface area contributed by atoms with Crippen LogP contribution in [0.15, 0.2) is 11.6 Å². The molecule has 0 aromatic heterocycles. The minimum Gasteiger partial charge on any atom is -0.432 e. The lowest BCUT2D eigenvalue weighted by molar-refractivity contribution is -0.403. The van der Waals surface area contributed by atoms with Crippen LogP contribution in [-0.2, 0) is 61.6 Å². The van der Waals surface area contributed by atoms with Crippen LogP contribution >= 0.6 is 0 Å². The van der Waals surface area contributed by atoms with Crippen LogP contribution < -0.4 is 0 Å². The lowest BCUT2D eigenvalue weighted by Crippen LogP contribution is -2.68. The highest BCUT2D eigenvalue weighted by molar-refractivity contribution is 5.79. The third-order valence-corrected chi connectivity index (χ3v) is 25.3. The minimum absolute atomic E-state index is 0.0805. The van der Waals surface area contributed by atoms with Gasteiger partial charge in [0.15, 0.2) is 31.5 Å². The number of aliphatic hydroxyl groups excluding tert-OH is 18. The van der Waals surface area contributed by atoms with E-state index in [4.69, 9.17) is 56.8 Å². The molecular weight excluding hydrogens is 1280 g/mol. The maximum absolute atomic E-state index is 14.9. The van der Waals surface area contributed by atoms with Crippen molar-refractivity contribution in [3.8, 4) is 0 Å². The normalized spacial score (nSPS) is 55.1. The molecule has 6 aliphatic heterocycles. The van der Waals surface area contributed by atoms with Crippen LogP contribution in [-0.4, -0.2) is 315 Å². The van der Waals surface area contributed by atoms with Gasteiger partial charge in [-0.25, -0.2) is 0 Å². The summed E-state index contributed by atoms with van der Waals surface area (Å²) in [5, 5.41) is 198. The molecule has 0 aromatic carbocycles. The molecule has 0 unspecified atom stereocenters. The summed E-state index contributed by atoms with van der Waals surface area (Å²) in [5.41, 5.74) is -1.99. The standard InChI is InChI=1S/C65H106O31/c1-25-36(71)41(76)44(79)53(86-25)94-51-48(83)57(90-32(22-68)49(51)92-54-45(80)42(77)39(74)30(20-66)88-54)93-50-37(72)26(2)87-56(47(50)82)95-52-38(73)29(70)23-85-58(52)91-35-12-13-61(5)33(62(35,6)24-69)11-14-64(8)34(61)10-9-27-28-19-60(3,4)15-17-65(28,18-16-63(27,64)7)59(84)96-55-46(81)43(78)40(75)31(21-67)89-55/h9,25-26,28-58,66-83H,10-24H2,1-8H3/t25-,26-,28-,29-,30+,31+,32+,33+,34+,35-,36-,37-,38-,39+,40+,41+,42-,43-,44+,45+,46+,47+,48+,49+,50+,51+,52+,53-,54-,55-,56-,57-,58-,61-,62-,63+,64+,65-/m0/s1. The molecule has 6 heterocycles. The van der Waals surface area contributed by atoms with Gasteiger partial charge in [-0.1, -0.05) is 53.2 Å². The van der Waals surface area contributed by atoms with Crippen molar-refractivity contribution in [1.29, 1.82) is 0 Å². The molecule has 11 aliphatic rings. The number of aliphatic hydroxyl groups is 18. The van der Waals surface area contributed by atoms with Crippen molar-refractivity contribution in [2.75, 3.05) is 33.0 Å². The zero-order valence-electron chi connectivity index (χ0n) is 55.6. The quantitative estimate of drug-likeness (QED) is 0.0392. The van der Waals surface area contributed by atoms with Crippen molar-refractivity contribution in [2.24, 2.45) is 50.2 Å². The first kappa shape index (κ1) is 75.2. The Hall–Kier alpha value is -1.95. The fourth-order valence-corrected chi connectivity index (χ4v) is 19.1. The number of carbonyl (C=O) groups excluding carboxylic acids is 1. The van der Waals surface area contributed by atoms with Gasteiger partial charge in [0.25, 0.3) is 0 Å². The van der Waals surface area contributed by atoms with Gasteiger partial charge >= 0.3 is 5.97 Å². The highest BCUT2D eigenvalue weighted by Crippen LogP contribution is 2.76. The van der Waals surface area contributed by atoms with Crippen molar-refractivity contribution in [3.05, 3.63) is 11.6 Å². The third-order valence-electron chi connectivity index (χ3n) is 25.3. The van der Waals surface area contributed by atoms with E-state index in [1.807, 2.05) is 6.92 Å². The Morgan fingerprint density at radius 1 is 0.479 bits per heavy atom. The number of fused-ring (bicyclic) bond motifs is 7. The summed E-state index contributed by atoms with van der Waals surface area (Å²) in [6.45, 7) is 12.8. The van der Waals surface area contributed by atoms with E-state index >= 15 is 0 Å². The summed E-state index contributed by atoms with van der Waals surface area (Å²) in [5.74, 6) is -0.863. The minimum atomic E-state index is -2.16. The van der Waals surface area contributed by atoms with Gasteiger partial charge in [0.05, 0.1) is 56.8 Å². The molecule has 0 aromatic rings. The molecule has 11 rings (SSSR count). The number of hydrogen-bond acceptors (Lipinski definition) is 31. The van der Waals surface area contributed by atoms with Crippen LogP contribution in [0.2, 0.25) is 0 Å². The molecule has 18 N–H and O–H groups in total. The van der Waals surface area contributed by atoms with Crippen molar-refractivity contribution in [2.45, 2.75) is 304 Å². The smallest absolute Gasteiger partial charge is 0.315 e. The number of carbonyl (C=O) groups is 1. The molecule has 4 saturated carbocycles. The van der Waals surface area contributed by atoms with Crippen LogP contribution in [0, 0.1) is 50.2 Å². The summed E-state index contributed by atoms with van der Waals surface area (Å²) < 4.78 is 72.5. The molecule has 0 amide bonds. The molecule has 0 bridgehead atoms. The van der Waals surface area contributed by atoms with Crippen molar-refractivity contribution < 1.29 is 154 Å². The number of hydrogen-bond donors (Lipinski definition) is 18. The van der Waals surface area contributed by atoms with E-state index in [1.54, 1.807) is 0 Å². The van der Waals surface area contributed by atoms with Crippen LogP contribution in [0.4, 0.5) is 0 Å². The van der Waals surface area contributed by atoms with Gasteiger partial charge < -0.3 is 149 Å². The topological polar surface area (TPSA) is 492 Å².